The molecule has 1 aliphatic rings. The van der Waals surface area contributed by atoms with E-state index in [1.54, 1.807) is 48.5 Å². The molecule has 6 heteroatoms. The Hall–Kier alpha value is -4.06. The van der Waals surface area contributed by atoms with Crippen molar-refractivity contribution in [2.75, 3.05) is 18.6 Å². The highest BCUT2D eigenvalue weighted by Gasteiger charge is 2.47. The Bertz CT molecular complexity index is 1250. The Morgan fingerprint density at radius 2 is 1.73 bits per heavy atom. The Morgan fingerprint density at radius 1 is 1.00 bits per heavy atom. The minimum absolute atomic E-state index is 0.0145. The van der Waals surface area contributed by atoms with Crippen LogP contribution in [0.3, 0.4) is 0 Å². The quantitative estimate of drug-likeness (QED) is 0.329. The van der Waals surface area contributed by atoms with Crippen LogP contribution in [-0.4, -0.2) is 30.5 Å². The van der Waals surface area contributed by atoms with Crippen molar-refractivity contribution < 1.29 is 24.2 Å². The van der Waals surface area contributed by atoms with Gasteiger partial charge in [0.15, 0.2) is 0 Å². The lowest BCUT2D eigenvalue weighted by atomic mass is 9.92. The van der Waals surface area contributed by atoms with Crippen molar-refractivity contribution >= 4 is 23.1 Å². The summed E-state index contributed by atoms with van der Waals surface area (Å²) in [5.74, 6) is -0.752. The SMILES string of the molecule is CCOc1cccc(N2C(=O)C(=O)/C(=C(/O)c3ccccc3OC)C2c2ccccc2C)c1. The van der Waals surface area contributed by atoms with E-state index in [4.69, 9.17) is 9.47 Å². The number of aliphatic hydroxyl groups excluding tert-OH is 1. The molecule has 0 bridgehead atoms. The Morgan fingerprint density at radius 3 is 2.45 bits per heavy atom. The number of benzene rings is 3. The van der Waals surface area contributed by atoms with Crippen LogP contribution in [0.15, 0.2) is 78.4 Å². The highest BCUT2D eigenvalue weighted by molar-refractivity contribution is 6.51. The second kappa shape index (κ2) is 9.20. The number of nitrogens with zero attached hydrogens (tertiary/aromatic N) is 1. The van der Waals surface area contributed by atoms with Crippen LogP contribution in [0.2, 0.25) is 0 Å². The maximum Gasteiger partial charge on any atom is 0.300 e. The van der Waals surface area contributed by atoms with Gasteiger partial charge < -0.3 is 14.6 Å². The molecule has 3 aromatic carbocycles. The summed E-state index contributed by atoms with van der Waals surface area (Å²) in [6.45, 7) is 4.26. The van der Waals surface area contributed by atoms with Gasteiger partial charge in [0.2, 0.25) is 0 Å². The van der Waals surface area contributed by atoms with E-state index in [-0.39, 0.29) is 11.3 Å². The van der Waals surface area contributed by atoms with Gasteiger partial charge in [-0.25, -0.2) is 0 Å². The van der Waals surface area contributed by atoms with Gasteiger partial charge in [-0.15, -0.1) is 0 Å². The molecule has 1 fully saturated rings. The van der Waals surface area contributed by atoms with Gasteiger partial charge in [0.25, 0.3) is 11.7 Å². The molecule has 168 valence electrons. The van der Waals surface area contributed by atoms with E-state index in [2.05, 4.69) is 0 Å². The lowest BCUT2D eigenvalue weighted by Crippen LogP contribution is -2.29. The average Bonchev–Trinajstić information content (AvgIpc) is 3.09. The van der Waals surface area contributed by atoms with E-state index < -0.39 is 17.7 Å². The topological polar surface area (TPSA) is 76.1 Å². The van der Waals surface area contributed by atoms with Crippen molar-refractivity contribution in [3.05, 3.63) is 95.1 Å². The lowest BCUT2D eigenvalue weighted by molar-refractivity contribution is -0.132. The highest BCUT2D eigenvalue weighted by atomic mass is 16.5. The van der Waals surface area contributed by atoms with E-state index in [1.807, 2.05) is 38.1 Å². The highest BCUT2D eigenvalue weighted by Crippen LogP contribution is 2.44. The largest absolute Gasteiger partial charge is 0.507 e. The van der Waals surface area contributed by atoms with Gasteiger partial charge in [-0.3, -0.25) is 14.5 Å². The van der Waals surface area contributed by atoms with E-state index in [0.29, 0.717) is 29.4 Å². The van der Waals surface area contributed by atoms with Crippen molar-refractivity contribution in [2.45, 2.75) is 19.9 Å². The van der Waals surface area contributed by atoms with Gasteiger partial charge in [0, 0.05) is 11.8 Å². The summed E-state index contributed by atoms with van der Waals surface area (Å²) >= 11 is 0. The molecule has 0 saturated carbocycles. The molecule has 1 atom stereocenters. The number of amides is 1. The molecule has 0 radical (unpaired) electrons. The number of Topliss-reactive ketones (excluding diaryl/α,β-unsaturated/α-hetero) is 1. The van der Waals surface area contributed by atoms with Crippen LogP contribution in [0.25, 0.3) is 5.76 Å². The van der Waals surface area contributed by atoms with Gasteiger partial charge in [-0.05, 0) is 49.2 Å². The monoisotopic (exact) mass is 443 g/mol. The van der Waals surface area contributed by atoms with E-state index in [0.717, 1.165) is 11.1 Å². The van der Waals surface area contributed by atoms with Crippen molar-refractivity contribution in [3.8, 4) is 11.5 Å². The fourth-order valence-corrected chi connectivity index (χ4v) is 4.16. The lowest BCUT2D eigenvalue weighted by Gasteiger charge is -2.27. The Kier molecular flexibility index (Phi) is 6.18. The summed E-state index contributed by atoms with van der Waals surface area (Å²) in [4.78, 5) is 28.1. The summed E-state index contributed by atoms with van der Waals surface area (Å²) in [6, 6.07) is 20.6. The standard InChI is InChI=1S/C27H25NO5/c1-4-33-19-12-9-11-18(16-19)28-24(20-13-6-5-10-17(20)2)23(26(30)27(28)31)25(29)21-14-7-8-15-22(21)32-3/h5-16,24,29H,4H2,1-3H3/b25-23+. The molecule has 1 unspecified atom stereocenters. The molecule has 6 nitrogen and oxygen atoms in total. The third-order valence-electron chi connectivity index (χ3n) is 5.70. The molecule has 1 saturated heterocycles. The molecule has 1 amide bonds. The molecule has 4 rings (SSSR count). The summed E-state index contributed by atoms with van der Waals surface area (Å²) < 4.78 is 11.0. The number of para-hydroxylation sites is 1. The predicted molar refractivity (Wildman–Crippen MR) is 127 cm³/mol. The Labute approximate surface area is 192 Å². The van der Waals surface area contributed by atoms with E-state index in [9.17, 15) is 14.7 Å². The van der Waals surface area contributed by atoms with Crippen LogP contribution in [0.5, 0.6) is 11.5 Å². The first kappa shape index (κ1) is 22.1. The average molecular weight is 443 g/mol. The third kappa shape index (κ3) is 3.96. The Balaban J connectivity index is 1.97. The number of carbonyl (C=O) groups excluding carboxylic acids is 2. The number of ketones is 1. The second-order valence-electron chi connectivity index (χ2n) is 7.66. The van der Waals surface area contributed by atoms with Gasteiger partial charge in [0.05, 0.1) is 30.9 Å². The van der Waals surface area contributed by atoms with Crippen molar-refractivity contribution in [2.24, 2.45) is 0 Å². The van der Waals surface area contributed by atoms with Crippen molar-refractivity contribution in [1.82, 2.24) is 0 Å². The summed E-state index contributed by atoms with van der Waals surface area (Å²) in [6.07, 6.45) is 0. The van der Waals surface area contributed by atoms with Crippen molar-refractivity contribution in [1.29, 1.82) is 0 Å². The number of aliphatic hydroxyl groups is 1. The molecular formula is C27H25NO5. The molecule has 1 aliphatic heterocycles. The number of hydrogen-bond acceptors (Lipinski definition) is 5. The maximum absolute atomic E-state index is 13.3. The number of rotatable bonds is 6. The summed E-state index contributed by atoms with van der Waals surface area (Å²) in [5.41, 5.74) is 2.51. The normalized spacial score (nSPS) is 17.3. The fraction of sp³-hybridized carbons (Fsp3) is 0.185. The predicted octanol–water partition coefficient (Wildman–Crippen LogP) is 5.03. The van der Waals surface area contributed by atoms with Crippen LogP contribution in [-0.2, 0) is 9.59 Å². The molecule has 33 heavy (non-hydrogen) atoms. The van der Waals surface area contributed by atoms with E-state index in [1.165, 1.54) is 12.0 Å². The number of methoxy groups -OCH3 is 1. The van der Waals surface area contributed by atoms with Crippen LogP contribution >= 0.6 is 0 Å². The zero-order chi connectivity index (χ0) is 23.5. The number of aryl methyl sites for hydroxylation is 1. The van der Waals surface area contributed by atoms with Crippen LogP contribution in [0.1, 0.15) is 29.7 Å². The number of hydrogen-bond donors (Lipinski definition) is 1. The maximum atomic E-state index is 13.3. The second-order valence-corrected chi connectivity index (χ2v) is 7.66. The fourth-order valence-electron chi connectivity index (χ4n) is 4.16. The van der Waals surface area contributed by atoms with Crippen molar-refractivity contribution in [3.63, 3.8) is 0 Å². The molecule has 1 heterocycles. The smallest absolute Gasteiger partial charge is 0.300 e. The molecule has 0 spiro atoms. The van der Waals surface area contributed by atoms with Crippen LogP contribution in [0, 0.1) is 6.92 Å². The number of ether oxygens (including phenoxy) is 2. The minimum atomic E-state index is -0.812. The summed E-state index contributed by atoms with van der Waals surface area (Å²) in [5, 5.41) is 11.3. The number of anilines is 1. The number of carbonyl (C=O) groups is 2. The third-order valence-corrected chi connectivity index (χ3v) is 5.70. The molecule has 1 N–H and O–H groups in total. The zero-order valence-electron chi connectivity index (χ0n) is 18.7. The van der Waals surface area contributed by atoms with Crippen LogP contribution in [0.4, 0.5) is 5.69 Å². The molecule has 0 aromatic heterocycles. The van der Waals surface area contributed by atoms with Gasteiger partial charge in [-0.1, -0.05) is 42.5 Å². The van der Waals surface area contributed by atoms with Gasteiger partial charge in [0.1, 0.15) is 17.3 Å². The molecule has 3 aromatic rings. The van der Waals surface area contributed by atoms with Gasteiger partial charge in [-0.2, -0.15) is 0 Å². The van der Waals surface area contributed by atoms with Crippen LogP contribution < -0.4 is 14.4 Å². The molecular weight excluding hydrogens is 418 g/mol. The van der Waals surface area contributed by atoms with E-state index >= 15 is 0 Å². The first-order valence-electron chi connectivity index (χ1n) is 10.7. The summed E-state index contributed by atoms with van der Waals surface area (Å²) in [7, 11) is 1.49. The zero-order valence-corrected chi connectivity index (χ0v) is 18.7. The first-order chi connectivity index (χ1) is 16.0. The van der Waals surface area contributed by atoms with Gasteiger partial charge >= 0.3 is 0 Å². The minimum Gasteiger partial charge on any atom is -0.507 e. The molecule has 0 aliphatic carbocycles. The first-order valence-corrected chi connectivity index (χ1v) is 10.7.